The molecule has 0 aliphatic carbocycles. The number of hydrogen-bond acceptors (Lipinski definition) is 12. The molecule has 6 aromatic rings. The highest BCUT2D eigenvalue weighted by molar-refractivity contribution is 7.99. The largest absolute Gasteiger partial charge is 0.501 e. The van der Waals surface area contributed by atoms with Crippen molar-refractivity contribution >= 4 is 66.0 Å². The van der Waals surface area contributed by atoms with Crippen molar-refractivity contribution in [1.82, 2.24) is 9.47 Å². The zero-order valence-corrected chi connectivity index (χ0v) is 43.1. The molecule has 3 aliphatic heterocycles. The summed E-state index contributed by atoms with van der Waals surface area (Å²) in [5.41, 5.74) is 0.782. The van der Waals surface area contributed by atoms with Gasteiger partial charge in [0.25, 0.3) is 19.9 Å². The van der Waals surface area contributed by atoms with Crippen molar-refractivity contribution in [3.8, 4) is 22.4 Å². The molecule has 0 bridgehead atoms. The zero-order chi connectivity index (χ0) is 51.5. The molecule has 0 spiro atoms. The molecule has 2 fully saturated rings. The summed E-state index contributed by atoms with van der Waals surface area (Å²) in [6.45, 7) is 5.14. The predicted molar refractivity (Wildman–Crippen MR) is 283 cm³/mol. The van der Waals surface area contributed by atoms with Crippen LogP contribution in [0.3, 0.4) is 0 Å². The Morgan fingerprint density at radius 3 is 2.10 bits per heavy atom. The average Bonchev–Trinajstić information content (AvgIpc) is 3.74. The summed E-state index contributed by atoms with van der Waals surface area (Å²) in [5.74, 6) is 0.371. The number of likely N-dealkylation sites (tertiary alicyclic amines) is 1. The number of sulfone groups is 1. The van der Waals surface area contributed by atoms with Gasteiger partial charge in [-0.05, 0) is 129 Å². The number of piperidine rings is 1. The molecule has 388 valence electrons. The van der Waals surface area contributed by atoms with E-state index >= 15 is 0 Å². The lowest BCUT2D eigenvalue weighted by Gasteiger charge is -2.37. The van der Waals surface area contributed by atoms with Crippen LogP contribution in [0, 0.1) is 0 Å². The number of thioether (sulfide) groups is 1. The van der Waals surface area contributed by atoms with Crippen molar-refractivity contribution < 1.29 is 45.3 Å². The third-order valence-electron chi connectivity index (χ3n) is 13.9. The summed E-state index contributed by atoms with van der Waals surface area (Å²) in [6, 6.07) is 33.9. The van der Waals surface area contributed by atoms with Crippen LogP contribution in [0.4, 0.5) is 35.9 Å². The van der Waals surface area contributed by atoms with Crippen molar-refractivity contribution in [3.05, 3.63) is 138 Å². The molecule has 0 unspecified atom stereocenters. The molecule has 9 rings (SSSR count). The van der Waals surface area contributed by atoms with E-state index in [0.717, 1.165) is 82.3 Å². The molecular weight excluding hydrogens is 1020 g/mol. The van der Waals surface area contributed by atoms with E-state index in [-0.39, 0.29) is 17.5 Å². The first-order valence-corrected chi connectivity index (χ1v) is 28.7. The number of alkyl halides is 3. The van der Waals surface area contributed by atoms with Gasteiger partial charge >= 0.3 is 5.51 Å². The molecule has 4 heterocycles. The highest BCUT2D eigenvalue weighted by atomic mass is 35.5. The number of halogens is 4. The van der Waals surface area contributed by atoms with Crippen LogP contribution in [0.2, 0.25) is 5.02 Å². The summed E-state index contributed by atoms with van der Waals surface area (Å²) >= 11 is 7.73. The van der Waals surface area contributed by atoms with Gasteiger partial charge in [-0.1, -0.05) is 54.1 Å². The van der Waals surface area contributed by atoms with Gasteiger partial charge in [-0.3, -0.25) is 4.72 Å². The summed E-state index contributed by atoms with van der Waals surface area (Å²) in [7, 11) is -10.6. The van der Waals surface area contributed by atoms with Crippen molar-refractivity contribution in [3.63, 3.8) is 0 Å². The number of fused-ring (bicyclic) bond motifs is 1. The minimum atomic E-state index is -6.02. The van der Waals surface area contributed by atoms with Crippen molar-refractivity contribution in [1.29, 1.82) is 0 Å². The number of aliphatic hydroxyl groups is 3. The minimum absolute atomic E-state index is 0.127. The number of hydrogen-bond donors (Lipinski definition) is 5. The van der Waals surface area contributed by atoms with Crippen molar-refractivity contribution in [2.45, 2.75) is 83.7 Å². The van der Waals surface area contributed by atoms with Gasteiger partial charge in [0.15, 0.2) is 6.29 Å². The minimum Gasteiger partial charge on any atom is -0.393 e. The molecule has 0 saturated carbocycles. The summed E-state index contributed by atoms with van der Waals surface area (Å²) in [4.78, 5) is 5.62. The van der Waals surface area contributed by atoms with Crippen LogP contribution in [0.5, 0.6) is 0 Å². The molecule has 73 heavy (non-hydrogen) atoms. The Kier molecular flexibility index (Phi) is 16.1. The highest BCUT2D eigenvalue weighted by Crippen LogP contribution is 2.45. The first-order valence-electron chi connectivity index (χ1n) is 24.4. The average molecular weight is 1080 g/mol. The molecule has 2 saturated heterocycles. The SMILES string of the molecule is O=S(=O)(Nc1ccc(N2CCN(c3cccc(-c4c(C(O)O)c5n(c4-c4ccc(Cl)cc4)CCCC5)c3)CC2)cc1)c1ccc(N[C@H](CCN2CCC(O)CC2)CSc2ccccc2)c(S(=O)(=O)C(F)(F)F)c1. The number of aromatic nitrogens is 1. The first kappa shape index (κ1) is 52.6. The van der Waals surface area contributed by atoms with E-state index in [1.807, 2.05) is 72.8 Å². The first-order chi connectivity index (χ1) is 34.9. The number of rotatable bonds is 17. The highest BCUT2D eigenvalue weighted by Gasteiger charge is 2.48. The Balaban J connectivity index is 0.890. The van der Waals surface area contributed by atoms with Gasteiger partial charge in [-0.15, -0.1) is 11.8 Å². The maximum absolute atomic E-state index is 14.3. The smallest absolute Gasteiger partial charge is 0.393 e. The number of sulfonamides is 1. The third-order valence-corrected chi connectivity index (χ3v) is 18.2. The molecule has 0 amide bonds. The normalized spacial score (nSPS) is 16.7. The van der Waals surface area contributed by atoms with Crippen LogP contribution >= 0.6 is 23.4 Å². The van der Waals surface area contributed by atoms with Crippen molar-refractivity contribution in [2.75, 3.05) is 71.4 Å². The molecule has 0 radical (unpaired) electrons. The quantitative estimate of drug-likeness (QED) is 0.0434. The summed E-state index contributed by atoms with van der Waals surface area (Å²) < 4.78 is 101. The number of piperazine rings is 1. The van der Waals surface area contributed by atoms with Crippen LogP contribution in [-0.2, 0) is 32.8 Å². The molecule has 1 aromatic heterocycles. The predicted octanol–water partition coefficient (Wildman–Crippen LogP) is 9.64. The molecular formula is C53H58ClF3N6O7S3. The molecule has 13 nitrogen and oxygen atoms in total. The van der Waals surface area contributed by atoms with Crippen molar-refractivity contribution in [2.24, 2.45) is 0 Å². The second-order valence-corrected chi connectivity index (χ2v) is 23.8. The second-order valence-electron chi connectivity index (χ2n) is 18.7. The van der Waals surface area contributed by atoms with E-state index in [1.165, 1.54) is 11.8 Å². The fraction of sp³-hybridized carbons (Fsp3) is 0.358. The van der Waals surface area contributed by atoms with Gasteiger partial charge in [0.2, 0.25) is 0 Å². The Morgan fingerprint density at radius 1 is 0.740 bits per heavy atom. The molecule has 20 heteroatoms. The van der Waals surface area contributed by atoms with Gasteiger partial charge in [0.1, 0.15) is 4.90 Å². The molecule has 5 N–H and O–H groups in total. The van der Waals surface area contributed by atoms with E-state index < -0.39 is 47.5 Å². The summed E-state index contributed by atoms with van der Waals surface area (Å²) in [6.07, 6.45) is 2.24. The number of aliphatic hydroxyl groups excluding tert-OH is 2. The number of benzene rings is 5. The fourth-order valence-corrected chi connectivity index (χ4v) is 13.3. The van der Waals surface area contributed by atoms with Crippen LogP contribution in [0.25, 0.3) is 22.4 Å². The van der Waals surface area contributed by atoms with Crippen LogP contribution in [0.1, 0.15) is 49.7 Å². The maximum atomic E-state index is 14.3. The number of anilines is 4. The fourth-order valence-electron chi connectivity index (χ4n) is 10.0. The molecule has 5 aromatic carbocycles. The summed E-state index contributed by atoms with van der Waals surface area (Å²) in [5, 5.41) is 35.2. The van der Waals surface area contributed by atoms with Gasteiger partial charge in [0.05, 0.1) is 22.4 Å². The van der Waals surface area contributed by atoms with E-state index in [9.17, 15) is 45.3 Å². The maximum Gasteiger partial charge on any atom is 0.501 e. The Bertz CT molecular complexity index is 3090. The Morgan fingerprint density at radius 2 is 1.42 bits per heavy atom. The monoisotopic (exact) mass is 1080 g/mol. The van der Waals surface area contributed by atoms with E-state index in [4.69, 9.17) is 11.6 Å². The third kappa shape index (κ3) is 12.0. The topological polar surface area (TPSA) is 168 Å². The van der Waals surface area contributed by atoms with Crippen LogP contribution in [-0.4, -0.2) is 111 Å². The van der Waals surface area contributed by atoms with Gasteiger partial charge in [-0.25, -0.2) is 16.8 Å². The lowest BCUT2D eigenvalue weighted by Crippen LogP contribution is -2.46. The van der Waals surface area contributed by atoms with Gasteiger partial charge in [-0.2, -0.15) is 13.2 Å². The van der Waals surface area contributed by atoms with Crippen LogP contribution in [0.15, 0.2) is 136 Å². The van der Waals surface area contributed by atoms with Gasteiger partial charge < -0.3 is 39.9 Å². The molecule has 3 aliphatic rings. The molecule has 1 atom stereocenters. The van der Waals surface area contributed by atoms with Gasteiger partial charge in [0, 0.05) is 108 Å². The van der Waals surface area contributed by atoms with E-state index in [2.05, 4.69) is 35.4 Å². The standard InChI is InChI=1S/C53H58ClF3N6O7S3/c54-38-14-12-36(13-15-38)51-49(50(52(65)66)47-11-4-5-25-63(47)51)37-7-6-8-42(33-37)62-31-29-61(30-32-62)41-18-16-39(17-19-41)59-73(69,70)45-20-21-46(48(34-45)72(67,68)53(55,56)57)58-40(35-71-44-9-2-1-3-10-44)22-26-60-27-23-43(64)24-28-60/h1-3,6-10,12-21,33-34,40,43,52,58-59,64-66H,4-5,11,22-32,35H2/t40-/m1/s1. The Labute approximate surface area is 433 Å². The lowest BCUT2D eigenvalue weighted by atomic mass is 9.95. The lowest BCUT2D eigenvalue weighted by molar-refractivity contribution is -0.0439. The number of nitrogens with one attached hydrogen (secondary N) is 2. The van der Waals surface area contributed by atoms with Crippen LogP contribution < -0.4 is 19.8 Å². The zero-order valence-electron chi connectivity index (χ0n) is 39.9. The van der Waals surface area contributed by atoms with E-state index in [1.54, 1.807) is 24.3 Å². The Hall–Kier alpha value is -5.25. The number of nitrogens with zero attached hydrogens (tertiary/aromatic N) is 4. The second kappa shape index (κ2) is 22.3. The van der Waals surface area contributed by atoms with E-state index in [0.29, 0.717) is 87.5 Å².